The monoisotopic (exact) mass is 180 g/mol. The van der Waals surface area contributed by atoms with Gasteiger partial charge in [0.1, 0.15) is 5.82 Å². The SMILES string of the molecule is NN1C(=O)CCc2cc(F)ccc21. The number of carbonyl (C=O) groups is 1. The summed E-state index contributed by atoms with van der Waals surface area (Å²) in [4.78, 5) is 11.1. The Labute approximate surface area is 74.9 Å². The second-order valence-corrected chi connectivity index (χ2v) is 3.04. The Hall–Kier alpha value is -1.42. The first-order valence-corrected chi connectivity index (χ1v) is 4.04. The van der Waals surface area contributed by atoms with E-state index in [9.17, 15) is 9.18 Å². The van der Waals surface area contributed by atoms with Crippen LogP contribution in [0.1, 0.15) is 12.0 Å². The molecule has 0 aromatic heterocycles. The molecule has 1 aliphatic heterocycles. The molecular weight excluding hydrogens is 171 g/mol. The van der Waals surface area contributed by atoms with E-state index in [-0.39, 0.29) is 11.7 Å². The molecule has 0 spiro atoms. The Morgan fingerprint density at radius 3 is 2.92 bits per heavy atom. The number of nitrogens with zero attached hydrogens (tertiary/aromatic N) is 1. The molecule has 1 heterocycles. The summed E-state index contributed by atoms with van der Waals surface area (Å²) in [5.74, 6) is 5.09. The normalized spacial score (nSPS) is 15.8. The van der Waals surface area contributed by atoms with E-state index in [4.69, 9.17) is 5.84 Å². The molecule has 13 heavy (non-hydrogen) atoms. The summed E-state index contributed by atoms with van der Waals surface area (Å²) in [5.41, 5.74) is 1.40. The lowest BCUT2D eigenvalue weighted by Crippen LogP contribution is -2.40. The first kappa shape index (κ1) is 8.19. The van der Waals surface area contributed by atoms with Crippen molar-refractivity contribution in [2.24, 2.45) is 5.84 Å². The highest BCUT2D eigenvalue weighted by Crippen LogP contribution is 2.25. The minimum Gasteiger partial charge on any atom is -0.273 e. The number of amides is 1. The van der Waals surface area contributed by atoms with Gasteiger partial charge in [-0.05, 0) is 30.2 Å². The molecule has 1 amide bonds. The van der Waals surface area contributed by atoms with Gasteiger partial charge in [0.05, 0.1) is 5.69 Å². The van der Waals surface area contributed by atoms with Crippen LogP contribution in [0.2, 0.25) is 0 Å². The Bertz CT molecular complexity index is 365. The van der Waals surface area contributed by atoms with Gasteiger partial charge < -0.3 is 0 Å². The molecule has 0 bridgehead atoms. The van der Waals surface area contributed by atoms with Crippen molar-refractivity contribution in [1.29, 1.82) is 0 Å². The van der Waals surface area contributed by atoms with Crippen LogP contribution < -0.4 is 10.9 Å². The smallest absolute Gasteiger partial charge is 0.241 e. The van der Waals surface area contributed by atoms with Gasteiger partial charge in [0, 0.05) is 6.42 Å². The minimum atomic E-state index is -0.290. The van der Waals surface area contributed by atoms with Gasteiger partial charge in [-0.3, -0.25) is 4.79 Å². The number of hydrogen-bond acceptors (Lipinski definition) is 2. The van der Waals surface area contributed by atoms with Gasteiger partial charge in [0.2, 0.25) is 5.91 Å². The molecule has 0 atom stereocenters. The Morgan fingerprint density at radius 2 is 2.15 bits per heavy atom. The van der Waals surface area contributed by atoms with Gasteiger partial charge in [-0.1, -0.05) is 0 Å². The van der Waals surface area contributed by atoms with Crippen LogP contribution in [0.3, 0.4) is 0 Å². The Balaban J connectivity index is 2.49. The number of rotatable bonds is 0. The molecule has 2 N–H and O–H groups in total. The largest absolute Gasteiger partial charge is 0.273 e. The van der Waals surface area contributed by atoms with E-state index in [2.05, 4.69) is 0 Å². The Morgan fingerprint density at radius 1 is 1.38 bits per heavy atom. The average Bonchev–Trinajstić information content (AvgIpc) is 2.12. The maximum absolute atomic E-state index is 12.8. The van der Waals surface area contributed by atoms with Crippen molar-refractivity contribution >= 4 is 11.6 Å². The molecule has 0 aliphatic carbocycles. The highest BCUT2D eigenvalue weighted by Gasteiger charge is 2.21. The van der Waals surface area contributed by atoms with E-state index < -0.39 is 0 Å². The predicted octanol–water partition coefficient (Wildman–Crippen LogP) is 0.979. The van der Waals surface area contributed by atoms with Crippen LogP contribution in [0.15, 0.2) is 18.2 Å². The van der Waals surface area contributed by atoms with Crippen LogP contribution in [0.5, 0.6) is 0 Å². The van der Waals surface area contributed by atoms with Gasteiger partial charge in [0.25, 0.3) is 0 Å². The van der Waals surface area contributed by atoms with Crippen LogP contribution in [0.25, 0.3) is 0 Å². The van der Waals surface area contributed by atoms with Crippen LogP contribution >= 0.6 is 0 Å². The standard InChI is InChI=1S/C9H9FN2O/c10-7-2-3-8-6(5-7)1-4-9(13)12(8)11/h2-3,5H,1,4,11H2. The maximum atomic E-state index is 12.8. The van der Waals surface area contributed by atoms with Crippen molar-refractivity contribution in [3.8, 4) is 0 Å². The average molecular weight is 180 g/mol. The van der Waals surface area contributed by atoms with E-state index in [1.54, 1.807) is 0 Å². The van der Waals surface area contributed by atoms with E-state index in [1.165, 1.54) is 18.2 Å². The van der Waals surface area contributed by atoms with Crippen molar-refractivity contribution in [3.05, 3.63) is 29.6 Å². The summed E-state index contributed by atoms with van der Waals surface area (Å²) < 4.78 is 12.8. The fourth-order valence-electron chi connectivity index (χ4n) is 1.49. The lowest BCUT2D eigenvalue weighted by molar-refractivity contribution is -0.119. The Kier molecular flexibility index (Phi) is 1.77. The molecular formula is C9H9FN2O. The summed E-state index contributed by atoms with van der Waals surface area (Å²) in [6.07, 6.45) is 0.923. The first-order valence-electron chi connectivity index (χ1n) is 4.04. The molecule has 0 saturated carbocycles. The number of fused-ring (bicyclic) bond motifs is 1. The summed E-state index contributed by atoms with van der Waals surface area (Å²) in [6.45, 7) is 0. The third-order valence-corrected chi connectivity index (χ3v) is 2.18. The second-order valence-electron chi connectivity index (χ2n) is 3.04. The first-order chi connectivity index (χ1) is 6.18. The number of hydrogen-bond donors (Lipinski definition) is 1. The summed E-state index contributed by atoms with van der Waals surface area (Å²) in [6, 6.07) is 4.25. The quantitative estimate of drug-likeness (QED) is 0.478. The number of halogens is 1. The molecule has 3 nitrogen and oxygen atoms in total. The van der Waals surface area contributed by atoms with Crippen molar-refractivity contribution in [1.82, 2.24) is 0 Å². The summed E-state index contributed by atoms with van der Waals surface area (Å²) in [5, 5.41) is 1.08. The fourth-order valence-corrected chi connectivity index (χ4v) is 1.49. The lowest BCUT2D eigenvalue weighted by atomic mass is 10.0. The van der Waals surface area contributed by atoms with Crippen molar-refractivity contribution in [2.45, 2.75) is 12.8 Å². The molecule has 0 radical (unpaired) electrons. The zero-order chi connectivity index (χ0) is 9.42. The molecule has 0 fully saturated rings. The highest BCUT2D eigenvalue weighted by atomic mass is 19.1. The van der Waals surface area contributed by atoms with Crippen LogP contribution in [-0.4, -0.2) is 5.91 Å². The topological polar surface area (TPSA) is 46.3 Å². The van der Waals surface area contributed by atoms with E-state index in [1.807, 2.05) is 0 Å². The highest BCUT2D eigenvalue weighted by molar-refractivity contribution is 5.95. The van der Waals surface area contributed by atoms with E-state index in [0.717, 1.165) is 10.6 Å². The molecule has 1 aromatic carbocycles. The zero-order valence-electron chi connectivity index (χ0n) is 6.96. The number of benzene rings is 1. The minimum absolute atomic E-state index is 0.126. The molecule has 68 valence electrons. The van der Waals surface area contributed by atoms with Gasteiger partial charge in [-0.15, -0.1) is 0 Å². The van der Waals surface area contributed by atoms with Gasteiger partial charge in [-0.25, -0.2) is 15.2 Å². The van der Waals surface area contributed by atoms with Crippen LogP contribution in [0, 0.1) is 5.82 Å². The van der Waals surface area contributed by atoms with E-state index in [0.29, 0.717) is 18.5 Å². The predicted molar refractivity (Wildman–Crippen MR) is 46.4 cm³/mol. The molecule has 0 unspecified atom stereocenters. The van der Waals surface area contributed by atoms with Crippen molar-refractivity contribution < 1.29 is 9.18 Å². The summed E-state index contributed by atoms with van der Waals surface area (Å²) in [7, 11) is 0. The maximum Gasteiger partial charge on any atom is 0.241 e. The molecule has 1 aromatic rings. The van der Waals surface area contributed by atoms with Crippen LogP contribution in [0.4, 0.5) is 10.1 Å². The van der Waals surface area contributed by atoms with Crippen molar-refractivity contribution in [3.63, 3.8) is 0 Å². The summed E-state index contributed by atoms with van der Waals surface area (Å²) >= 11 is 0. The molecule has 4 heteroatoms. The van der Waals surface area contributed by atoms with Gasteiger partial charge >= 0.3 is 0 Å². The van der Waals surface area contributed by atoms with Crippen molar-refractivity contribution in [2.75, 3.05) is 5.01 Å². The number of anilines is 1. The lowest BCUT2D eigenvalue weighted by Gasteiger charge is -2.24. The molecule has 2 rings (SSSR count). The molecule has 1 aliphatic rings. The van der Waals surface area contributed by atoms with E-state index >= 15 is 0 Å². The fraction of sp³-hybridized carbons (Fsp3) is 0.222. The zero-order valence-corrected chi connectivity index (χ0v) is 6.96. The third-order valence-electron chi connectivity index (χ3n) is 2.18. The number of nitrogens with two attached hydrogens (primary N) is 1. The molecule has 0 saturated heterocycles. The third kappa shape index (κ3) is 1.29. The van der Waals surface area contributed by atoms with Gasteiger partial charge in [0.15, 0.2) is 0 Å². The second kappa shape index (κ2) is 2.81. The number of hydrazine groups is 1. The number of carbonyl (C=O) groups excluding carboxylic acids is 1. The van der Waals surface area contributed by atoms with Gasteiger partial charge in [-0.2, -0.15) is 0 Å². The number of aryl methyl sites for hydroxylation is 1. The van der Waals surface area contributed by atoms with Crippen LogP contribution in [-0.2, 0) is 11.2 Å².